The number of nitrogens with zero attached hydrogens (tertiary/aromatic N) is 1. The van der Waals surface area contributed by atoms with Gasteiger partial charge in [-0.15, -0.1) is 0 Å². The molecule has 0 aromatic carbocycles. The molecule has 0 saturated carbocycles. The second kappa shape index (κ2) is 6.59. The van der Waals surface area contributed by atoms with E-state index >= 15 is 0 Å². The van der Waals surface area contributed by atoms with Crippen LogP contribution in [0.5, 0.6) is 0 Å². The third kappa shape index (κ3) is 4.55. The Kier molecular flexibility index (Phi) is 5.02. The number of likely N-dealkylation sites (tertiary alicyclic amines) is 1. The van der Waals surface area contributed by atoms with Gasteiger partial charge >= 0.3 is 5.97 Å². The number of hydrogen-bond acceptors (Lipinski definition) is 6. The van der Waals surface area contributed by atoms with Crippen LogP contribution < -0.4 is 4.72 Å². The number of methoxy groups -OCH3 is 1. The van der Waals surface area contributed by atoms with Gasteiger partial charge in [-0.05, 0) is 18.9 Å². The average molecular weight is 316 g/mol. The fraction of sp³-hybridized carbons (Fsp3) is 0.615. The molecule has 0 amide bonds. The molecule has 0 radical (unpaired) electrons. The van der Waals surface area contributed by atoms with Crippen LogP contribution in [0, 0.1) is 0 Å². The molecule has 1 fully saturated rings. The Labute approximate surface area is 124 Å². The molecule has 1 aliphatic heterocycles. The molecule has 0 bridgehead atoms. The first-order chi connectivity index (χ1) is 9.89. The summed E-state index contributed by atoms with van der Waals surface area (Å²) in [7, 11) is -1.83. The van der Waals surface area contributed by atoms with Gasteiger partial charge in [-0.1, -0.05) is 0 Å². The molecule has 0 spiro atoms. The largest absolute Gasteiger partial charge is 0.467 e. The van der Waals surface area contributed by atoms with Gasteiger partial charge in [-0.3, -0.25) is 4.90 Å². The second-order valence-electron chi connectivity index (χ2n) is 5.19. The van der Waals surface area contributed by atoms with Crippen molar-refractivity contribution < 1.29 is 22.4 Å². The van der Waals surface area contributed by atoms with Gasteiger partial charge in [0.2, 0.25) is 10.0 Å². The summed E-state index contributed by atoms with van der Waals surface area (Å²) in [5.74, 6) is 0.170. The van der Waals surface area contributed by atoms with E-state index in [1.165, 1.54) is 19.6 Å². The summed E-state index contributed by atoms with van der Waals surface area (Å²) in [6.45, 7) is 2.01. The van der Waals surface area contributed by atoms with Crippen LogP contribution >= 0.6 is 0 Å². The minimum atomic E-state index is -3.16. The number of ether oxygens (including phenoxy) is 1. The van der Waals surface area contributed by atoms with Crippen molar-refractivity contribution >= 4 is 16.0 Å². The van der Waals surface area contributed by atoms with E-state index in [9.17, 15) is 13.2 Å². The molecule has 2 rings (SSSR count). The maximum absolute atomic E-state index is 11.6. The molecule has 0 aliphatic carbocycles. The van der Waals surface area contributed by atoms with Crippen LogP contribution in [0.3, 0.4) is 0 Å². The summed E-state index contributed by atoms with van der Waals surface area (Å²) in [6, 6.07) is 1.58. The number of piperidine rings is 1. The molecule has 1 aliphatic rings. The van der Waals surface area contributed by atoms with Crippen molar-refractivity contribution in [2.45, 2.75) is 25.4 Å². The first-order valence-electron chi connectivity index (χ1n) is 6.73. The highest BCUT2D eigenvalue weighted by Gasteiger charge is 2.24. The molecule has 0 unspecified atom stereocenters. The molecular formula is C13H20N2O5S. The highest BCUT2D eigenvalue weighted by molar-refractivity contribution is 7.88. The van der Waals surface area contributed by atoms with E-state index < -0.39 is 16.0 Å². The third-order valence-electron chi connectivity index (χ3n) is 3.49. The predicted octanol–water partition coefficient (Wildman–Crippen LogP) is 0.580. The summed E-state index contributed by atoms with van der Waals surface area (Å²) < 4.78 is 35.1. The molecule has 1 aromatic rings. The lowest BCUT2D eigenvalue weighted by Crippen LogP contribution is -2.44. The molecule has 118 valence electrons. The number of carbonyl (C=O) groups is 1. The Morgan fingerprint density at radius 2 is 2.14 bits per heavy atom. The van der Waals surface area contributed by atoms with Crippen molar-refractivity contribution in [3.63, 3.8) is 0 Å². The van der Waals surface area contributed by atoms with Crippen LogP contribution in [0.2, 0.25) is 0 Å². The van der Waals surface area contributed by atoms with E-state index in [2.05, 4.69) is 9.62 Å². The standard InChI is InChI=1S/C13H20N2O5S/c1-19-13(16)11-5-8-20-12(11)9-15-6-3-10(4-7-15)14-21(2,17)18/h5,8,10,14H,3-4,6-7,9H2,1-2H3. The normalized spacial score (nSPS) is 17.8. The summed E-state index contributed by atoms with van der Waals surface area (Å²) in [5, 5.41) is 0. The fourth-order valence-corrected chi connectivity index (χ4v) is 3.31. The second-order valence-corrected chi connectivity index (χ2v) is 6.97. The van der Waals surface area contributed by atoms with Crippen LogP contribution in [-0.2, 0) is 21.3 Å². The van der Waals surface area contributed by atoms with Gasteiger partial charge in [-0.25, -0.2) is 17.9 Å². The lowest BCUT2D eigenvalue weighted by Gasteiger charge is -2.31. The predicted molar refractivity (Wildman–Crippen MR) is 76.3 cm³/mol. The number of nitrogens with one attached hydrogen (secondary N) is 1. The lowest BCUT2D eigenvalue weighted by atomic mass is 10.1. The topological polar surface area (TPSA) is 88.8 Å². The number of carbonyl (C=O) groups excluding carboxylic acids is 1. The van der Waals surface area contributed by atoms with E-state index in [4.69, 9.17) is 9.15 Å². The van der Waals surface area contributed by atoms with E-state index in [0.717, 1.165) is 25.9 Å². The Morgan fingerprint density at radius 3 is 2.71 bits per heavy atom. The molecule has 1 saturated heterocycles. The first-order valence-corrected chi connectivity index (χ1v) is 8.62. The number of esters is 1. The molecule has 8 heteroatoms. The van der Waals surface area contributed by atoms with Crippen molar-refractivity contribution in [1.29, 1.82) is 0 Å². The van der Waals surface area contributed by atoms with Gasteiger partial charge < -0.3 is 9.15 Å². The lowest BCUT2D eigenvalue weighted by molar-refractivity contribution is 0.0595. The van der Waals surface area contributed by atoms with Crippen LogP contribution in [0.4, 0.5) is 0 Å². The number of rotatable bonds is 5. The van der Waals surface area contributed by atoms with Gasteiger partial charge in [0.25, 0.3) is 0 Å². The number of furan rings is 1. The van der Waals surface area contributed by atoms with E-state index in [1.54, 1.807) is 6.07 Å². The van der Waals surface area contributed by atoms with Gasteiger partial charge in [0.15, 0.2) is 0 Å². The van der Waals surface area contributed by atoms with Gasteiger partial charge in [0.05, 0.1) is 26.2 Å². The van der Waals surface area contributed by atoms with Crippen molar-refractivity contribution in [3.05, 3.63) is 23.7 Å². The Balaban J connectivity index is 1.89. The SMILES string of the molecule is COC(=O)c1ccoc1CN1CCC(NS(C)(=O)=O)CC1. The van der Waals surface area contributed by atoms with E-state index in [1.807, 2.05) is 0 Å². The summed E-state index contributed by atoms with van der Waals surface area (Å²) in [4.78, 5) is 13.7. The zero-order chi connectivity index (χ0) is 15.5. The minimum absolute atomic E-state index is 0.0204. The number of sulfonamides is 1. The monoisotopic (exact) mass is 316 g/mol. The quantitative estimate of drug-likeness (QED) is 0.799. The van der Waals surface area contributed by atoms with E-state index in [0.29, 0.717) is 17.9 Å². The summed E-state index contributed by atoms with van der Waals surface area (Å²) in [6.07, 6.45) is 4.12. The molecule has 7 nitrogen and oxygen atoms in total. The summed E-state index contributed by atoms with van der Waals surface area (Å²) in [5.41, 5.74) is 0.439. The molecule has 21 heavy (non-hydrogen) atoms. The van der Waals surface area contributed by atoms with Crippen molar-refractivity contribution in [1.82, 2.24) is 9.62 Å². The Morgan fingerprint density at radius 1 is 1.48 bits per heavy atom. The third-order valence-corrected chi connectivity index (χ3v) is 4.25. The first kappa shape index (κ1) is 16.0. The van der Waals surface area contributed by atoms with Gasteiger partial charge in [0, 0.05) is 19.1 Å². The van der Waals surface area contributed by atoms with Crippen LogP contribution in [0.15, 0.2) is 16.7 Å². The fourth-order valence-electron chi connectivity index (χ4n) is 2.47. The van der Waals surface area contributed by atoms with Crippen LogP contribution in [-0.4, -0.2) is 51.8 Å². The molecule has 2 heterocycles. The average Bonchev–Trinajstić information content (AvgIpc) is 2.86. The molecule has 1 N–H and O–H groups in total. The summed E-state index contributed by atoms with van der Waals surface area (Å²) >= 11 is 0. The zero-order valence-electron chi connectivity index (χ0n) is 12.2. The molecule has 1 aromatic heterocycles. The Hall–Kier alpha value is -1.38. The van der Waals surface area contributed by atoms with Crippen LogP contribution in [0.1, 0.15) is 29.0 Å². The maximum atomic E-state index is 11.6. The van der Waals surface area contributed by atoms with Crippen molar-refractivity contribution in [2.24, 2.45) is 0 Å². The molecular weight excluding hydrogens is 296 g/mol. The number of hydrogen-bond donors (Lipinski definition) is 1. The zero-order valence-corrected chi connectivity index (χ0v) is 13.0. The smallest absolute Gasteiger partial charge is 0.341 e. The highest BCUT2D eigenvalue weighted by atomic mass is 32.2. The van der Waals surface area contributed by atoms with Crippen LogP contribution in [0.25, 0.3) is 0 Å². The highest BCUT2D eigenvalue weighted by Crippen LogP contribution is 2.18. The van der Waals surface area contributed by atoms with Gasteiger partial charge in [0.1, 0.15) is 11.3 Å². The van der Waals surface area contributed by atoms with Crippen molar-refractivity contribution in [2.75, 3.05) is 26.5 Å². The molecule has 0 atom stereocenters. The maximum Gasteiger partial charge on any atom is 0.341 e. The Bertz CT molecular complexity index is 587. The van der Waals surface area contributed by atoms with E-state index in [-0.39, 0.29) is 6.04 Å². The van der Waals surface area contributed by atoms with Crippen molar-refractivity contribution in [3.8, 4) is 0 Å². The minimum Gasteiger partial charge on any atom is -0.467 e. The van der Waals surface area contributed by atoms with Gasteiger partial charge in [-0.2, -0.15) is 0 Å².